The third-order valence-corrected chi connectivity index (χ3v) is 2.06. The summed E-state index contributed by atoms with van der Waals surface area (Å²) >= 11 is 0. The topological polar surface area (TPSA) is 37.3 Å². The van der Waals surface area contributed by atoms with Crippen molar-refractivity contribution in [2.45, 2.75) is 12.8 Å². The second-order valence-corrected chi connectivity index (χ2v) is 3.33. The number of allylic oxidation sites excluding steroid dienone is 2. The Bertz CT molecular complexity index is 363. The van der Waals surface area contributed by atoms with Gasteiger partial charge in [-0.05, 0) is 36.1 Å². The first-order chi connectivity index (χ1) is 7.17. The Hall–Kier alpha value is -1.83. The smallest absolute Gasteiger partial charge is 0.335 e. The molecule has 0 saturated heterocycles. The van der Waals surface area contributed by atoms with Crippen LogP contribution >= 0.6 is 0 Å². The largest absolute Gasteiger partial charge is 0.478 e. The minimum atomic E-state index is -0.897. The third kappa shape index (κ3) is 3.09. The number of hydrogen-bond donors (Lipinski definition) is 1. The second-order valence-electron chi connectivity index (χ2n) is 3.33. The zero-order valence-corrected chi connectivity index (χ0v) is 8.57. The monoisotopic (exact) mass is 202 g/mol. The number of aromatic carboxylic acids is 1. The van der Waals surface area contributed by atoms with Crippen LogP contribution in [0.1, 0.15) is 21.5 Å². The fourth-order valence-electron chi connectivity index (χ4n) is 1.46. The Balaban J connectivity index is 3.12. The molecule has 0 atom stereocenters. The molecule has 0 unspecified atom stereocenters. The number of benzene rings is 1. The zero-order chi connectivity index (χ0) is 11.3. The molecule has 0 aliphatic rings. The number of rotatable bonds is 5. The second kappa shape index (κ2) is 5.15. The van der Waals surface area contributed by atoms with E-state index in [1.165, 1.54) is 0 Å². The lowest BCUT2D eigenvalue weighted by Gasteiger charge is -2.04. The van der Waals surface area contributed by atoms with Crippen LogP contribution in [-0.4, -0.2) is 11.1 Å². The maximum atomic E-state index is 10.9. The summed E-state index contributed by atoms with van der Waals surface area (Å²) in [7, 11) is 0. The van der Waals surface area contributed by atoms with Crippen molar-refractivity contribution >= 4 is 5.97 Å². The predicted octanol–water partition coefficient (Wildman–Crippen LogP) is 2.84. The normalized spacial score (nSPS) is 9.60. The van der Waals surface area contributed by atoms with Crippen LogP contribution in [0.2, 0.25) is 0 Å². The Labute approximate surface area is 89.6 Å². The summed E-state index contributed by atoms with van der Waals surface area (Å²) in [5.41, 5.74) is 2.27. The average Bonchev–Trinajstić information content (AvgIpc) is 2.18. The van der Waals surface area contributed by atoms with Crippen LogP contribution in [0.15, 0.2) is 43.5 Å². The van der Waals surface area contributed by atoms with E-state index < -0.39 is 5.97 Å². The lowest BCUT2D eigenvalue weighted by atomic mass is 10.0. The van der Waals surface area contributed by atoms with Gasteiger partial charge in [0.1, 0.15) is 0 Å². The summed E-state index contributed by atoms with van der Waals surface area (Å²) in [6.07, 6.45) is 4.90. The molecule has 0 heterocycles. The van der Waals surface area contributed by atoms with Gasteiger partial charge in [0.2, 0.25) is 0 Å². The van der Waals surface area contributed by atoms with Crippen molar-refractivity contribution in [3.63, 3.8) is 0 Å². The molecule has 78 valence electrons. The van der Waals surface area contributed by atoms with Gasteiger partial charge in [0.15, 0.2) is 0 Å². The van der Waals surface area contributed by atoms with E-state index in [9.17, 15) is 4.79 Å². The van der Waals surface area contributed by atoms with E-state index in [1.807, 2.05) is 6.07 Å². The first-order valence-corrected chi connectivity index (χ1v) is 4.75. The van der Waals surface area contributed by atoms with Crippen LogP contribution in [0.5, 0.6) is 0 Å². The van der Waals surface area contributed by atoms with Gasteiger partial charge in [-0.1, -0.05) is 18.2 Å². The molecule has 1 aromatic carbocycles. The van der Waals surface area contributed by atoms with Gasteiger partial charge in [0.05, 0.1) is 5.56 Å². The highest BCUT2D eigenvalue weighted by Crippen LogP contribution is 2.12. The van der Waals surface area contributed by atoms with E-state index in [-0.39, 0.29) is 0 Å². The van der Waals surface area contributed by atoms with Gasteiger partial charge in [-0.25, -0.2) is 4.79 Å². The predicted molar refractivity (Wildman–Crippen MR) is 61.2 cm³/mol. The van der Waals surface area contributed by atoms with Crippen molar-refractivity contribution < 1.29 is 9.90 Å². The Morgan fingerprint density at radius 3 is 1.93 bits per heavy atom. The number of hydrogen-bond acceptors (Lipinski definition) is 1. The number of carboxylic acids is 1. The van der Waals surface area contributed by atoms with Gasteiger partial charge in [-0.15, -0.1) is 13.2 Å². The van der Waals surface area contributed by atoms with Gasteiger partial charge in [0.25, 0.3) is 0 Å². The molecular formula is C13H14O2. The zero-order valence-electron chi connectivity index (χ0n) is 8.57. The van der Waals surface area contributed by atoms with Crippen LogP contribution < -0.4 is 0 Å². The molecule has 0 saturated carbocycles. The standard InChI is InChI=1S/C13H14O2/c1-3-5-10-7-11(6-4-2)9-12(8-10)13(14)15/h3-4,7-9H,1-2,5-6H2,(H,14,15). The molecule has 0 radical (unpaired) electrons. The SMILES string of the molecule is C=CCc1cc(CC=C)cc(C(=O)O)c1. The first-order valence-electron chi connectivity index (χ1n) is 4.75. The molecule has 0 bridgehead atoms. The molecule has 0 amide bonds. The summed E-state index contributed by atoms with van der Waals surface area (Å²) in [6.45, 7) is 7.28. The van der Waals surface area contributed by atoms with Crippen molar-refractivity contribution in [3.05, 3.63) is 60.2 Å². The van der Waals surface area contributed by atoms with Gasteiger partial charge in [-0.2, -0.15) is 0 Å². The maximum Gasteiger partial charge on any atom is 0.335 e. The highest BCUT2D eigenvalue weighted by molar-refractivity contribution is 5.88. The molecule has 0 aliphatic carbocycles. The summed E-state index contributed by atoms with van der Waals surface area (Å²) in [5.74, 6) is -0.897. The minimum absolute atomic E-state index is 0.325. The van der Waals surface area contributed by atoms with Crippen molar-refractivity contribution in [2.75, 3.05) is 0 Å². The molecule has 0 fully saturated rings. The maximum absolute atomic E-state index is 10.9. The Morgan fingerprint density at radius 2 is 1.60 bits per heavy atom. The summed E-state index contributed by atoms with van der Waals surface area (Å²) < 4.78 is 0. The fraction of sp³-hybridized carbons (Fsp3) is 0.154. The number of carboxylic acid groups (broad SMARTS) is 1. The highest BCUT2D eigenvalue weighted by Gasteiger charge is 2.05. The highest BCUT2D eigenvalue weighted by atomic mass is 16.4. The van der Waals surface area contributed by atoms with Crippen LogP contribution in [0, 0.1) is 0 Å². The molecule has 0 aromatic heterocycles. The summed E-state index contributed by atoms with van der Waals surface area (Å²) in [6, 6.07) is 5.34. The van der Waals surface area contributed by atoms with Gasteiger partial charge in [-0.3, -0.25) is 0 Å². The summed E-state index contributed by atoms with van der Waals surface area (Å²) in [5, 5.41) is 8.92. The van der Waals surface area contributed by atoms with Gasteiger partial charge in [0, 0.05) is 0 Å². The molecule has 1 N–H and O–H groups in total. The van der Waals surface area contributed by atoms with E-state index in [1.54, 1.807) is 24.3 Å². The van der Waals surface area contributed by atoms with Gasteiger partial charge < -0.3 is 5.11 Å². The van der Waals surface area contributed by atoms with Crippen molar-refractivity contribution in [2.24, 2.45) is 0 Å². The average molecular weight is 202 g/mol. The van der Waals surface area contributed by atoms with Gasteiger partial charge >= 0.3 is 5.97 Å². The molecule has 1 aromatic rings. The number of carbonyl (C=O) groups is 1. The van der Waals surface area contributed by atoms with E-state index in [4.69, 9.17) is 5.11 Å². The quantitative estimate of drug-likeness (QED) is 0.745. The summed E-state index contributed by atoms with van der Waals surface area (Å²) in [4.78, 5) is 10.9. The van der Waals surface area contributed by atoms with E-state index >= 15 is 0 Å². The van der Waals surface area contributed by atoms with Crippen molar-refractivity contribution in [3.8, 4) is 0 Å². The lowest BCUT2D eigenvalue weighted by molar-refractivity contribution is 0.0696. The van der Waals surface area contributed by atoms with E-state index in [0.29, 0.717) is 18.4 Å². The molecule has 2 heteroatoms. The van der Waals surface area contributed by atoms with Crippen LogP contribution in [0.4, 0.5) is 0 Å². The minimum Gasteiger partial charge on any atom is -0.478 e. The van der Waals surface area contributed by atoms with E-state index in [0.717, 1.165) is 11.1 Å². The molecule has 1 rings (SSSR count). The van der Waals surface area contributed by atoms with Crippen LogP contribution in [-0.2, 0) is 12.8 Å². The van der Waals surface area contributed by atoms with Crippen molar-refractivity contribution in [1.29, 1.82) is 0 Å². The molecule has 0 aliphatic heterocycles. The Morgan fingerprint density at radius 1 is 1.13 bits per heavy atom. The van der Waals surface area contributed by atoms with Crippen molar-refractivity contribution in [1.82, 2.24) is 0 Å². The van der Waals surface area contributed by atoms with Crippen LogP contribution in [0.3, 0.4) is 0 Å². The first kappa shape index (κ1) is 11.2. The molecule has 2 nitrogen and oxygen atoms in total. The molecule has 0 spiro atoms. The molecular weight excluding hydrogens is 188 g/mol. The third-order valence-electron chi connectivity index (χ3n) is 2.06. The molecule has 15 heavy (non-hydrogen) atoms. The fourth-order valence-corrected chi connectivity index (χ4v) is 1.46. The lowest BCUT2D eigenvalue weighted by Crippen LogP contribution is -1.99. The van der Waals surface area contributed by atoms with E-state index in [2.05, 4.69) is 13.2 Å². The Kier molecular flexibility index (Phi) is 3.86. The van der Waals surface area contributed by atoms with Crippen LogP contribution in [0.25, 0.3) is 0 Å².